The van der Waals surface area contributed by atoms with Gasteiger partial charge in [-0.05, 0) is 43.3 Å². The fraction of sp³-hybridized carbons (Fsp3) is 0.250. The summed E-state index contributed by atoms with van der Waals surface area (Å²) in [4.78, 5) is 0. The first-order valence-electron chi connectivity index (χ1n) is 6.63. The van der Waals surface area contributed by atoms with Gasteiger partial charge in [-0.2, -0.15) is 0 Å². The molecular formula is C16H18ClNO2. The molecule has 0 bridgehead atoms. The maximum Gasteiger partial charge on any atom is 0.121 e. The molecule has 2 rings (SSSR count). The van der Waals surface area contributed by atoms with Crippen molar-refractivity contribution in [1.29, 1.82) is 0 Å². The molecule has 0 amide bonds. The molecule has 4 heteroatoms. The van der Waals surface area contributed by atoms with E-state index < -0.39 is 0 Å². The van der Waals surface area contributed by atoms with Gasteiger partial charge in [0.1, 0.15) is 18.1 Å². The van der Waals surface area contributed by atoms with E-state index >= 15 is 0 Å². The number of benzene rings is 2. The molecule has 0 fully saturated rings. The van der Waals surface area contributed by atoms with E-state index in [9.17, 15) is 0 Å². The first kappa shape index (κ1) is 14.5. The molecule has 0 saturated carbocycles. The summed E-state index contributed by atoms with van der Waals surface area (Å²) in [5.74, 6) is 1.69. The monoisotopic (exact) mass is 291 g/mol. The Labute approximate surface area is 124 Å². The predicted octanol–water partition coefficient (Wildman–Crippen LogP) is 4.23. The third-order valence-corrected chi connectivity index (χ3v) is 2.91. The summed E-state index contributed by atoms with van der Waals surface area (Å²) in [7, 11) is 0. The second-order valence-electron chi connectivity index (χ2n) is 4.19. The van der Waals surface area contributed by atoms with E-state index in [0.717, 1.165) is 23.7 Å². The van der Waals surface area contributed by atoms with E-state index in [-0.39, 0.29) is 0 Å². The van der Waals surface area contributed by atoms with E-state index in [1.807, 2.05) is 55.5 Å². The van der Waals surface area contributed by atoms with Crippen molar-refractivity contribution in [1.82, 2.24) is 0 Å². The minimum atomic E-state index is 0.584. The third kappa shape index (κ3) is 4.67. The van der Waals surface area contributed by atoms with Crippen molar-refractivity contribution in [3.05, 3.63) is 53.6 Å². The molecule has 0 saturated heterocycles. The minimum absolute atomic E-state index is 0.584. The van der Waals surface area contributed by atoms with Crippen LogP contribution in [0.2, 0.25) is 5.02 Å². The SMILES string of the molecule is CCOc1cccc(NCCOc2ccc(Cl)cc2)c1. The van der Waals surface area contributed by atoms with Gasteiger partial charge in [-0.15, -0.1) is 0 Å². The average Bonchev–Trinajstić information content (AvgIpc) is 2.46. The molecule has 2 aromatic rings. The Morgan fingerprint density at radius 2 is 1.80 bits per heavy atom. The fourth-order valence-electron chi connectivity index (χ4n) is 1.76. The fourth-order valence-corrected chi connectivity index (χ4v) is 1.88. The molecule has 0 aliphatic carbocycles. The van der Waals surface area contributed by atoms with Gasteiger partial charge in [0, 0.05) is 23.3 Å². The summed E-state index contributed by atoms with van der Waals surface area (Å²) in [5.41, 5.74) is 1.02. The summed E-state index contributed by atoms with van der Waals surface area (Å²) in [6.07, 6.45) is 0. The molecule has 1 N–H and O–H groups in total. The standard InChI is InChI=1S/C16H18ClNO2/c1-2-19-16-5-3-4-14(12-16)18-10-11-20-15-8-6-13(17)7-9-15/h3-9,12,18H,2,10-11H2,1H3. The largest absolute Gasteiger partial charge is 0.494 e. The first-order valence-corrected chi connectivity index (χ1v) is 7.01. The van der Waals surface area contributed by atoms with Crippen LogP contribution >= 0.6 is 11.6 Å². The lowest BCUT2D eigenvalue weighted by atomic mass is 10.3. The number of rotatable bonds is 7. The van der Waals surface area contributed by atoms with Gasteiger partial charge >= 0.3 is 0 Å². The molecule has 0 heterocycles. The summed E-state index contributed by atoms with van der Waals surface area (Å²) >= 11 is 5.81. The summed E-state index contributed by atoms with van der Waals surface area (Å²) in [5, 5.41) is 4.01. The first-order chi connectivity index (χ1) is 9.78. The van der Waals surface area contributed by atoms with Gasteiger partial charge in [-0.1, -0.05) is 17.7 Å². The van der Waals surface area contributed by atoms with Gasteiger partial charge in [-0.3, -0.25) is 0 Å². The van der Waals surface area contributed by atoms with Crippen molar-refractivity contribution in [3.63, 3.8) is 0 Å². The maximum atomic E-state index is 5.81. The normalized spacial score (nSPS) is 10.1. The van der Waals surface area contributed by atoms with E-state index in [2.05, 4.69) is 5.32 Å². The lowest BCUT2D eigenvalue weighted by Crippen LogP contribution is -2.11. The van der Waals surface area contributed by atoms with Crippen LogP contribution in [0.15, 0.2) is 48.5 Å². The van der Waals surface area contributed by atoms with Crippen LogP contribution in [0.1, 0.15) is 6.92 Å². The molecule has 106 valence electrons. The van der Waals surface area contributed by atoms with Crippen LogP contribution in [-0.2, 0) is 0 Å². The zero-order valence-corrected chi connectivity index (χ0v) is 12.2. The zero-order valence-electron chi connectivity index (χ0n) is 11.4. The Kier molecular flexibility index (Phi) is 5.56. The Hall–Kier alpha value is -1.87. The number of ether oxygens (including phenoxy) is 2. The Morgan fingerprint density at radius 3 is 2.55 bits per heavy atom. The Balaban J connectivity index is 1.75. The lowest BCUT2D eigenvalue weighted by Gasteiger charge is -2.10. The van der Waals surface area contributed by atoms with Gasteiger partial charge in [0.25, 0.3) is 0 Å². The van der Waals surface area contributed by atoms with Crippen molar-refractivity contribution in [2.75, 3.05) is 25.1 Å². The second-order valence-corrected chi connectivity index (χ2v) is 4.63. The smallest absolute Gasteiger partial charge is 0.121 e. The highest BCUT2D eigenvalue weighted by Crippen LogP contribution is 2.17. The zero-order chi connectivity index (χ0) is 14.2. The molecule has 3 nitrogen and oxygen atoms in total. The Bertz CT molecular complexity index is 528. The molecule has 0 spiro atoms. The highest BCUT2D eigenvalue weighted by molar-refractivity contribution is 6.30. The summed E-state index contributed by atoms with van der Waals surface area (Å²) in [6.45, 7) is 3.95. The van der Waals surface area contributed by atoms with Crippen molar-refractivity contribution >= 4 is 17.3 Å². The van der Waals surface area contributed by atoms with Crippen LogP contribution in [-0.4, -0.2) is 19.8 Å². The third-order valence-electron chi connectivity index (χ3n) is 2.66. The molecule has 0 aromatic heterocycles. The highest BCUT2D eigenvalue weighted by Gasteiger charge is 1.97. The highest BCUT2D eigenvalue weighted by atomic mass is 35.5. The maximum absolute atomic E-state index is 5.81. The van der Waals surface area contributed by atoms with E-state index in [0.29, 0.717) is 18.2 Å². The molecule has 0 atom stereocenters. The second kappa shape index (κ2) is 7.65. The molecule has 0 aliphatic heterocycles. The molecule has 0 aliphatic rings. The number of halogens is 1. The van der Waals surface area contributed by atoms with Gasteiger partial charge in [0.05, 0.1) is 6.61 Å². The van der Waals surface area contributed by atoms with Crippen molar-refractivity contribution in [2.24, 2.45) is 0 Å². The average molecular weight is 292 g/mol. The predicted molar refractivity (Wildman–Crippen MR) is 83.0 cm³/mol. The van der Waals surface area contributed by atoms with Crippen LogP contribution in [0.25, 0.3) is 0 Å². The van der Waals surface area contributed by atoms with Crippen molar-refractivity contribution in [3.8, 4) is 11.5 Å². The summed E-state index contributed by atoms with van der Waals surface area (Å²) < 4.78 is 11.1. The van der Waals surface area contributed by atoms with Crippen LogP contribution in [0, 0.1) is 0 Å². The van der Waals surface area contributed by atoms with E-state index in [1.165, 1.54) is 0 Å². The summed E-state index contributed by atoms with van der Waals surface area (Å²) in [6, 6.07) is 15.2. The van der Waals surface area contributed by atoms with Crippen molar-refractivity contribution in [2.45, 2.75) is 6.92 Å². The quantitative estimate of drug-likeness (QED) is 0.774. The van der Waals surface area contributed by atoms with Crippen molar-refractivity contribution < 1.29 is 9.47 Å². The van der Waals surface area contributed by atoms with Gasteiger partial charge in [-0.25, -0.2) is 0 Å². The minimum Gasteiger partial charge on any atom is -0.494 e. The van der Waals surface area contributed by atoms with Gasteiger partial charge in [0.15, 0.2) is 0 Å². The molecular weight excluding hydrogens is 274 g/mol. The number of nitrogens with one attached hydrogen (secondary N) is 1. The van der Waals surface area contributed by atoms with E-state index in [4.69, 9.17) is 21.1 Å². The van der Waals surface area contributed by atoms with E-state index in [1.54, 1.807) is 0 Å². The van der Waals surface area contributed by atoms with Crippen LogP contribution < -0.4 is 14.8 Å². The van der Waals surface area contributed by atoms with Crippen LogP contribution in [0.3, 0.4) is 0 Å². The molecule has 0 unspecified atom stereocenters. The molecule has 2 aromatic carbocycles. The van der Waals surface area contributed by atoms with Gasteiger partial charge < -0.3 is 14.8 Å². The molecule has 20 heavy (non-hydrogen) atoms. The topological polar surface area (TPSA) is 30.5 Å². The van der Waals surface area contributed by atoms with Crippen LogP contribution in [0.4, 0.5) is 5.69 Å². The Morgan fingerprint density at radius 1 is 1.00 bits per heavy atom. The van der Waals surface area contributed by atoms with Gasteiger partial charge in [0.2, 0.25) is 0 Å². The van der Waals surface area contributed by atoms with Crippen LogP contribution in [0.5, 0.6) is 11.5 Å². The lowest BCUT2D eigenvalue weighted by molar-refractivity contribution is 0.332. The number of hydrogen-bond acceptors (Lipinski definition) is 3. The number of anilines is 1. The molecule has 0 radical (unpaired) electrons. The number of hydrogen-bond donors (Lipinski definition) is 1.